The fraction of sp³-hybridized carbons (Fsp3) is 0.462. The van der Waals surface area contributed by atoms with Crippen LogP contribution in [0.25, 0.3) is 0 Å². The molecule has 8 heteroatoms. The molecule has 2 aromatic rings. The first-order valence-corrected chi connectivity index (χ1v) is 13.6. The van der Waals surface area contributed by atoms with Gasteiger partial charge in [-0.05, 0) is 68.5 Å². The molecule has 1 unspecified atom stereocenters. The minimum Gasteiger partial charge on any atom is -0.353 e. The summed E-state index contributed by atoms with van der Waals surface area (Å²) in [7, 11) is -3.84. The Morgan fingerprint density at radius 1 is 0.941 bits per heavy atom. The normalized spacial score (nSPS) is 19.4. The first-order chi connectivity index (χ1) is 16.3. The summed E-state index contributed by atoms with van der Waals surface area (Å²) >= 11 is 0. The lowest BCUT2D eigenvalue weighted by atomic mass is 9.93. The molecule has 4 rings (SSSR count). The molecular weight excluding hydrogens is 450 g/mol. The fourth-order valence-corrected chi connectivity index (χ4v) is 5.94. The molecule has 1 aliphatic heterocycles. The standard InChI is InChI=1S/C26H33N3O4S/c1-19-8-5-13-23(16-19)28-34(32,33)24-14-6-9-20(17-24)26(31)29-15-7-10-21(18-29)25(30)27-22-11-3-2-4-12-22/h5-6,8-9,13-14,16-17,21-22,28H,2-4,7,10-12,15,18H2,1H3,(H,27,30). The highest BCUT2D eigenvalue weighted by Crippen LogP contribution is 2.23. The van der Waals surface area contributed by atoms with E-state index in [1.54, 1.807) is 35.2 Å². The van der Waals surface area contributed by atoms with Gasteiger partial charge in [0.15, 0.2) is 0 Å². The summed E-state index contributed by atoms with van der Waals surface area (Å²) in [5.74, 6) is -0.444. The van der Waals surface area contributed by atoms with Crippen LogP contribution < -0.4 is 10.0 Å². The van der Waals surface area contributed by atoms with Gasteiger partial charge in [0.2, 0.25) is 5.91 Å². The Labute approximate surface area is 202 Å². The third kappa shape index (κ3) is 5.97. The van der Waals surface area contributed by atoms with Crippen molar-refractivity contribution >= 4 is 27.5 Å². The van der Waals surface area contributed by atoms with Crippen LogP contribution in [-0.2, 0) is 14.8 Å². The van der Waals surface area contributed by atoms with Crippen molar-refractivity contribution in [1.29, 1.82) is 0 Å². The third-order valence-electron chi connectivity index (χ3n) is 6.69. The molecule has 1 saturated carbocycles. The van der Waals surface area contributed by atoms with Gasteiger partial charge in [-0.3, -0.25) is 14.3 Å². The number of hydrogen-bond donors (Lipinski definition) is 2. The predicted molar refractivity (Wildman–Crippen MR) is 132 cm³/mol. The second-order valence-corrected chi connectivity index (χ2v) is 11.1. The summed E-state index contributed by atoms with van der Waals surface area (Å²) in [5, 5.41) is 3.18. The summed E-state index contributed by atoms with van der Waals surface area (Å²) in [6, 6.07) is 13.4. The zero-order valence-corrected chi connectivity index (χ0v) is 20.4. The van der Waals surface area contributed by atoms with Crippen LogP contribution in [0.2, 0.25) is 0 Å². The van der Waals surface area contributed by atoms with E-state index in [-0.39, 0.29) is 28.7 Å². The van der Waals surface area contributed by atoms with Gasteiger partial charge in [-0.1, -0.05) is 37.5 Å². The Balaban J connectivity index is 1.43. The lowest BCUT2D eigenvalue weighted by Gasteiger charge is -2.33. The average molecular weight is 484 g/mol. The van der Waals surface area contributed by atoms with Gasteiger partial charge in [0, 0.05) is 30.4 Å². The van der Waals surface area contributed by atoms with Gasteiger partial charge in [-0.2, -0.15) is 0 Å². The van der Waals surface area contributed by atoms with Gasteiger partial charge < -0.3 is 10.2 Å². The number of likely N-dealkylation sites (tertiary alicyclic amines) is 1. The number of anilines is 1. The minimum absolute atomic E-state index is 0.0306. The number of carbonyl (C=O) groups excluding carboxylic acids is 2. The molecule has 2 amide bonds. The van der Waals surface area contributed by atoms with Gasteiger partial charge in [-0.15, -0.1) is 0 Å². The zero-order chi connectivity index (χ0) is 24.1. The molecule has 1 heterocycles. The van der Waals surface area contributed by atoms with Gasteiger partial charge in [0.05, 0.1) is 10.8 Å². The topological polar surface area (TPSA) is 95.6 Å². The molecule has 0 radical (unpaired) electrons. The Bertz CT molecular complexity index is 1140. The van der Waals surface area contributed by atoms with E-state index in [0.29, 0.717) is 24.3 Å². The van der Waals surface area contributed by atoms with Crippen LogP contribution in [0.1, 0.15) is 60.9 Å². The van der Waals surface area contributed by atoms with Crippen molar-refractivity contribution in [1.82, 2.24) is 10.2 Å². The summed E-state index contributed by atoms with van der Waals surface area (Å²) < 4.78 is 28.4. The number of benzene rings is 2. The molecule has 182 valence electrons. The Kier molecular flexibility index (Phi) is 7.56. The predicted octanol–water partition coefficient (Wildman–Crippen LogP) is 4.10. The largest absolute Gasteiger partial charge is 0.353 e. The number of carbonyl (C=O) groups is 2. The Hall–Kier alpha value is -2.87. The Morgan fingerprint density at radius 2 is 1.71 bits per heavy atom. The zero-order valence-electron chi connectivity index (χ0n) is 19.6. The van der Waals surface area contributed by atoms with E-state index in [1.807, 2.05) is 13.0 Å². The van der Waals surface area contributed by atoms with E-state index in [1.165, 1.54) is 18.6 Å². The van der Waals surface area contributed by atoms with Crippen LogP contribution in [0.15, 0.2) is 53.4 Å². The monoisotopic (exact) mass is 483 g/mol. The number of nitrogens with zero attached hydrogens (tertiary/aromatic N) is 1. The lowest BCUT2D eigenvalue weighted by Crippen LogP contribution is -2.48. The molecule has 2 N–H and O–H groups in total. The van der Waals surface area contributed by atoms with Crippen molar-refractivity contribution < 1.29 is 18.0 Å². The second-order valence-electron chi connectivity index (χ2n) is 9.44. The molecule has 1 saturated heterocycles. The van der Waals surface area contributed by atoms with E-state index in [4.69, 9.17) is 0 Å². The molecule has 0 spiro atoms. The average Bonchev–Trinajstić information content (AvgIpc) is 2.84. The van der Waals surface area contributed by atoms with Crippen molar-refractivity contribution in [3.63, 3.8) is 0 Å². The maximum absolute atomic E-state index is 13.2. The number of hydrogen-bond acceptors (Lipinski definition) is 4. The highest BCUT2D eigenvalue weighted by atomic mass is 32.2. The van der Waals surface area contributed by atoms with Crippen LogP contribution in [0, 0.1) is 12.8 Å². The molecule has 0 bridgehead atoms. The summed E-state index contributed by atoms with van der Waals surface area (Å²) in [5.41, 5.74) is 1.72. The molecule has 2 aliphatic rings. The van der Waals surface area contributed by atoms with Crippen LogP contribution >= 0.6 is 0 Å². The summed E-state index contributed by atoms with van der Waals surface area (Å²) in [6.07, 6.45) is 7.10. The molecule has 2 aromatic carbocycles. The molecule has 2 fully saturated rings. The van der Waals surface area contributed by atoms with Crippen LogP contribution in [0.4, 0.5) is 5.69 Å². The van der Waals surface area contributed by atoms with Gasteiger partial charge in [-0.25, -0.2) is 8.42 Å². The maximum atomic E-state index is 13.2. The Morgan fingerprint density at radius 3 is 2.47 bits per heavy atom. The second kappa shape index (κ2) is 10.6. The highest BCUT2D eigenvalue weighted by Gasteiger charge is 2.30. The number of aryl methyl sites for hydroxylation is 1. The molecule has 1 atom stereocenters. The van der Waals surface area contributed by atoms with Crippen molar-refractivity contribution in [2.45, 2.75) is 62.8 Å². The van der Waals surface area contributed by atoms with Crippen LogP contribution in [0.3, 0.4) is 0 Å². The molecule has 7 nitrogen and oxygen atoms in total. The quantitative estimate of drug-likeness (QED) is 0.647. The SMILES string of the molecule is Cc1cccc(NS(=O)(=O)c2cccc(C(=O)N3CCCC(C(=O)NC4CCCCC4)C3)c2)c1. The number of nitrogens with one attached hydrogen (secondary N) is 2. The van der Waals surface area contributed by atoms with Crippen LogP contribution in [-0.4, -0.2) is 44.3 Å². The van der Waals surface area contributed by atoms with Gasteiger partial charge in [0.25, 0.3) is 15.9 Å². The van der Waals surface area contributed by atoms with Crippen molar-refractivity contribution in [2.24, 2.45) is 5.92 Å². The summed E-state index contributed by atoms with van der Waals surface area (Å²) in [6.45, 7) is 2.80. The summed E-state index contributed by atoms with van der Waals surface area (Å²) in [4.78, 5) is 27.7. The number of amides is 2. The third-order valence-corrected chi connectivity index (χ3v) is 8.07. The van der Waals surface area contributed by atoms with Crippen molar-refractivity contribution in [3.05, 3.63) is 59.7 Å². The highest BCUT2D eigenvalue weighted by molar-refractivity contribution is 7.92. The smallest absolute Gasteiger partial charge is 0.261 e. The molecular formula is C26H33N3O4S. The van der Waals surface area contributed by atoms with Gasteiger partial charge in [0.1, 0.15) is 0 Å². The number of piperidine rings is 1. The van der Waals surface area contributed by atoms with E-state index < -0.39 is 10.0 Å². The van der Waals surface area contributed by atoms with Crippen LogP contribution in [0.5, 0.6) is 0 Å². The number of sulfonamides is 1. The van der Waals surface area contributed by atoms with E-state index in [2.05, 4.69) is 10.0 Å². The van der Waals surface area contributed by atoms with Gasteiger partial charge >= 0.3 is 0 Å². The first-order valence-electron chi connectivity index (χ1n) is 12.1. The first kappa shape index (κ1) is 24.3. The molecule has 34 heavy (non-hydrogen) atoms. The minimum atomic E-state index is -3.84. The number of rotatable bonds is 6. The maximum Gasteiger partial charge on any atom is 0.261 e. The molecule has 1 aliphatic carbocycles. The van der Waals surface area contributed by atoms with E-state index >= 15 is 0 Å². The van der Waals surface area contributed by atoms with Crippen molar-refractivity contribution in [2.75, 3.05) is 17.8 Å². The lowest BCUT2D eigenvalue weighted by molar-refractivity contribution is -0.127. The van der Waals surface area contributed by atoms with Crippen molar-refractivity contribution in [3.8, 4) is 0 Å². The van der Waals surface area contributed by atoms with E-state index in [0.717, 1.165) is 44.1 Å². The fourth-order valence-electron chi connectivity index (χ4n) is 4.84. The molecule has 0 aromatic heterocycles. The van der Waals surface area contributed by atoms with E-state index in [9.17, 15) is 18.0 Å².